The number of unbranched alkanes of at least 4 members (excludes halogenated alkanes) is 32. The number of esters is 1. The highest BCUT2D eigenvalue weighted by Crippen LogP contribution is 2.15. The lowest BCUT2D eigenvalue weighted by atomic mass is 10.0. The van der Waals surface area contributed by atoms with Crippen molar-refractivity contribution in [3.63, 3.8) is 0 Å². The van der Waals surface area contributed by atoms with Crippen LogP contribution < -0.4 is 5.32 Å². The van der Waals surface area contributed by atoms with Crippen LogP contribution in [0.3, 0.4) is 0 Å². The maximum Gasteiger partial charge on any atom is 0.305 e. The van der Waals surface area contributed by atoms with Gasteiger partial charge in [-0.3, -0.25) is 9.59 Å². The van der Waals surface area contributed by atoms with Crippen molar-refractivity contribution in [2.75, 3.05) is 13.2 Å². The van der Waals surface area contributed by atoms with E-state index in [1.165, 1.54) is 148 Å². The average molecular weight is 790 g/mol. The van der Waals surface area contributed by atoms with E-state index in [1.54, 1.807) is 6.08 Å². The summed E-state index contributed by atoms with van der Waals surface area (Å²) in [6.45, 7) is 4.82. The number of nitrogens with one attached hydrogen (secondary N) is 1. The van der Waals surface area contributed by atoms with Gasteiger partial charge in [0.1, 0.15) is 0 Å². The zero-order valence-electron chi connectivity index (χ0n) is 37.4. The van der Waals surface area contributed by atoms with Gasteiger partial charge in [-0.25, -0.2) is 0 Å². The molecule has 0 saturated heterocycles. The molecular formula is C50H95NO5. The molecule has 0 heterocycles. The Morgan fingerprint density at radius 1 is 0.482 bits per heavy atom. The van der Waals surface area contributed by atoms with Crippen LogP contribution in [0.5, 0.6) is 0 Å². The van der Waals surface area contributed by atoms with Gasteiger partial charge in [-0.1, -0.05) is 212 Å². The number of aliphatic hydroxyl groups excluding tert-OH is 2. The Morgan fingerprint density at radius 3 is 1.27 bits per heavy atom. The minimum absolute atomic E-state index is 0.0327. The highest BCUT2D eigenvalue weighted by Gasteiger charge is 2.18. The Bertz CT molecular complexity index is 874. The molecule has 1 amide bonds. The zero-order chi connectivity index (χ0) is 40.8. The van der Waals surface area contributed by atoms with E-state index in [4.69, 9.17) is 4.74 Å². The van der Waals surface area contributed by atoms with E-state index in [1.807, 2.05) is 6.08 Å². The molecule has 0 saturated carbocycles. The third-order valence-corrected chi connectivity index (χ3v) is 11.2. The number of ether oxygens (including phenoxy) is 1. The third-order valence-electron chi connectivity index (χ3n) is 11.2. The fourth-order valence-electron chi connectivity index (χ4n) is 7.39. The van der Waals surface area contributed by atoms with E-state index < -0.39 is 12.1 Å². The van der Waals surface area contributed by atoms with Crippen molar-refractivity contribution in [3.05, 3.63) is 24.3 Å². The predicted molar refractivity (Wildman–Crippen MR) is 241 cm³/mol. The van der Waals surface area contributed by atoms with E-state index >= 15 is 0 Å². The van der Waals surface area contributed by atoms with Crippen LogP contribution in [-0.4, -0.2) is 47.4 Å². The van der Waals surface area contributed by atoms with Crippen LogP contribution in [0.4, 0.5) is 0 Å². The summed E-state index contributed by atoms with van der Waals surface area (Å²) in [4.78, 5) is 24.4. The number of carbonyl (C=O) groups excluding carboxylic acids is 2. The van der Waals surface area contributed by atoms with E-state index in [0.29, 0.717) is 19.4 Å². The monoisotopic (exact) mass is 790 g/mol. The largest absolute Gasteiger partial charge is 0.466 e. The molecule has 330 valence electrons. The minimum Gasteiger partial charge on any atom is -0.466 e. The molecular weight excluding hydrogens is 695 g/mol. The van der Waals surface area contributed by atoms with Crippen LogP contribution >= 0.6 is 0 Å². The third kappa shape index (κ3) is 42.0. The molecule has 0 aliphatic heterocycles. The highest BCUT2D eigenvalue weighted by atomic mass is 16.5. The molecule has 0 aromatic carbocycles. The Labute approximate surface area is 348 Å². The molecule has 2 atom stereocenters. The molecule has 0 radical (unpaired) electrons. The van der Waals surface area contributed by atoms with Crippen LogP contribution in [-0.2, 0) is 14.3 Å². The summed E-state index contributed by atoms with van der Waals surface area (Å²) in [7, 11) is 0. The molecule has 0 bridgehead atoms. The lowest BCUT2D eigenvalue weighted by molar-refractivity contribution is -0.143. The first-order valence-electron chi connectivity index (χ1n) is 24.6. The topological polar surface area (TPSA) is 95.9 Å². The van der Waals surface area contributed by atoms with Gasteiger partial charge in [-0.15, -0.1) is 0 Å². The van der Waals surface area contributed by atoms with Crippen LogP contribution in [0.2, 0.25) is 0 Å². The molecule has 2 unspecified atom stereocenters. The second-order valence-corrected chi connectivity index (χ2v) is 16.8. The lowest BCUT2D eigenvalue weighted by Crippen LogP contribution is -2.45. The number of hydrogen-bond donors (Lipinski definition) is 3. The van der Waals surface area contributed by atoms with Gasteiger partial charge in [-0.2, -0.15) is 0 Å². The SMILES string of the molecule is CCCCCCCCCCCCCCCC/C=C/C(O)C(CO)NC(=O)CCCCCCC/C=C\CCCCOC(=O)CCCCCCCCCCCCCC. The number of rotatable bonds is 45. The van der Waals surface area contributed by atoms with Gasteiger partial charge in [0.15, 0.2) is 0 Å². The molecule has 6 nitrogen and oxygen atoms in total. The number of carbonyl (C=O) groups is 2. The second-order valence-electron chi connectivity index (χ2n) is 16.8. The Balaban J connectivity index is 3.57. The summed E-state index contributed by atoms with van der Waals surface area (Å²) >= 11 is 0. The summed E-state index contributed by atoms with van der Waals surface area (Å²) in [5.74, 6) is -0.129. The normalized spacial score (nSPS) is 12.9. The second kappa shape index (κ2) is 46.0. The molecule has 0 aliphatic carbocycles. The van der Waals surface area contributed by atoms with Crippen molar-refractivity contribution < 1.29 is 24.5 Å². The van der Waals surface area contributed by atoms with E-state index in [9.17, 15) is 19.8 Å². The summed E-state index contributed by atoms with van der Waals surface area (Å²) in [6, 6.07) is -0.647. The van der Waals surface area contributed by atoms with Gasteiger partial charge in [0.2, 0.25) is 5.91 Å². The van der Waals surface area contributed by atoms with Crippen molar-refractivity contribution in [2.24, 2.45) is 0 Å². The van der Waals surface area contributed by atoms with Crippen LogP contribution in [0.25, 0.3) is 0 Å². The highest BCUT2D eigenvalue weighted by molar-refractivity contribution is 5.76. The molecule has 0 rings (SSSR count). The van der Waals surface area contributed by atoms with Crippen molar-refractivity contribution in [1.29, 1.82) is 0 Å². The summed E-state index contributed by atoms with van der Waals surface area (Å²) in [5.41, 5.74) is 0. The fraction of sp³-hybridized carbons (Fsp3) is 0.880. The molecule has 0 spiro atoms. The van der Waals surface area contributed by atoms with Gasteiger partial charge in [-0.05, 0) is 57.8 Å². The van der Waals surface area contributed by atoms with Gasteiger partial charge in [0, 0.05) is 12.8 Å². The Kier molecular flexibility index (Phi) is 44.7. The number of hydrogen-bond acceptors (Lipinski definition) is 5. The van der Waals surface area contributed by atoms with Gasteiger partial charge in [0.25, 0.3) is 0 Å². The lowest BCUT2D eigenvalue weighted by Gasteiger charge is -2.20. The van der Waals surface area contributed by atoms with E-state index in [2.05, 4.69) is 31.3 Å². The molecule has 0 aromatic heterocycles. The molecule has 0 aliphatic rings. The standard InChI is InChI=1S/C50H95NO5/c1-3-5-7-9-11-13-15-17-18-19-20-22-26-30-34-38-42-48(53)47(46-52)51-49(54)43-39-35-31-27-23-21-25-29-33-37-41-45-56-50(55)44-40-36-32-28-24-16-14-12-10-8-6-4-2/h25,29,38,42,47-48,52-53H,3-24,26-28,30-37,39-41,43-46H2,1-2H3,(H,51,54)/b29-25-,42-38+. The van der Waals surface area contributed by atoms with Crippen molar-refractivity contribution in [3.8, 4) is 0 Å². The van der Waals surface area contributed by atoms with Crippen molar-refractivity contribution in [1.82, 2.24) is 5.32 Å². The average Bonchev–Trinajstić information content (AvgIpc) is 3.20. The number of amides is 1. The quantitative estimate of drug-likeness (QED) is 0.0324. The predicted octanol–water partition coefficient (Wildman–Crippen LogP) is 14.3. The van der Waals surface area contributed by atoms with Gasteiger partial charge < -0.3 is 20.3 Å². The fourth-order valence-corrected chi connectivity index (χ4v) is 7.39. The zero-order valence-corrected chi connectivity index (χ0v) is 37.4. The van der Waals surface area contributed by atoms with Crippen LogP contribution in [0, 0.1) is 0 Å². The summed E-state index contributed by atoms with van der Waals surface area (Å²) in [5, 5.41) is 23.0. The summed E-state index contributed by atoms with van der Waals surface area (Å²) < 4.78 is 5.42. The molecule has 0 fully saturated rings. The Hall–Kier alpha value is -1.66. The van der Waals surface area contributed by atoms with E-state index in [0.717, 1.165) is 83.5 Å². The van der Waals surface area contributed by atoms with E-state index in [-0.39, 0.29) is 18.5 Å². The number of allylic oxidation sites excluding steroid dienone is 3. The Morgan fingerprint density at radius 2 is 0.839 bits per heavy atom. The van der Waals surface area contributed by atoms with Crippen molar-refractivity contribution in [2.45, 2.75) is 270 Å². The van der Waals surface area contributed by atoms with Crippen molar-refractivity contribution >= 4 is 11.9 Å². The first-order valence-corrected chi connectivity index (χ1v) is 24.6. The molecule has 56 heavy (non-hydrogen) atoms. The maximum atomic E-state index is 12.4. The number of aliphatic hydroxyl groups is 2. The molecule has 3 N–H and O–H groups in total. The molecule has 0 aromatic rings. The first-order chi connectivity index (χ1) is 27.5. The van der Waals surface area contributed by atoms with Crippen LogP contribution in [0.1, 0.15) is 258 Å². The summed E-state index contributed by atoms with van der Waals surface area (Å²) in [6.07, 6.45) is 53.1. The van der Waals surface area contributed by atoms with Crippen LogP contribution in [0.15, 0.2) is 24.3 Å². The van der Waals surface area contributed by atoms with Gasteiger partial charge in [0.05, 0.1) is 25.4 Å². The first kappa shape index (κ1) is 54.3. The minimum atomic E-state index is -0.861. The maximum absolute atomic E-state index is 12.4. The van der Waals surface area contributed by atoms with Gasteiger partial charge >= 0.3 is 5.97 Å². The smallest absolute Gasteiger partial charge is 0.305 e. The molecule has 6 heteroatoms.